The summed E-state index contributed by atoms with van der Waals surface area (Å²) in [5.74, 6) is 2.97. The zero-order valence-electron chi connectivity index (χ0n) is 21.5. The average molecular weight is 473 g/mol. The predicted molar refractivity (Wildman–Crippen MR) is 141 cm³/mol. The molecule has 3 aromatic rings. The van der Waals surface area contributed by atoms with Crippen LogP contribution in [-0.2, 0) is 0 Å². The van der Waals surface area contributed by atoms with Crippen molar-refractivity contribution in [3.63, 3.8) is 0 Å². The Labute approximate surface area is 210 Å². The quantitative estimate of drug-likeness (QED) is 0.372. The number of methoxy groups -OCH3 is 1. The minimum Gasteiger partial charge on any atom is -0.497 e. The fourth-order valence-corrected chi connectivity index (χ4v) is 6.02. The molecule has 5 rings (SSSR count). The minimum atomic E-state index is -0.394. The van der Waals surface area contributed by atoms with Crippen LogP contribution in [0.5, 0.6) is 17.2 Å². The van der Waals surface area contributed by atoms with Gasteiger partial charge < -0.3 is 18.7 Å². The van der Waals surface area contributed by atoms with Crippen LogP contribution in [-0.4, -0.2) is 50.5 Å². The highest BCUT2D eigenvalue weighted by Crippen LogP contribution is 2.53. The van der Waals surface area contributed by atoms with Gasteiger partial charge >= 0.3 is 0 Å². The van der Waals surface area contributed by atoms with Crippen LogP contribution in [0.4, 0.5) is 0 Å². The van der Waals surface area contributed by atoms with E-state index in [9.17, 15) is 0 Å². The third kappa shape index (κ3) is 4.90. The van der Waals surface area contributed by atoms with Crippen molar-refractivity contribution >= 4 is 0 Å². The largest absolute Gasteiger partial charge is 0.497 e. The number of hydrogen-bond acceptors (Lipinski definition) is 3. The number of hydrogen-bond donors (Lipinski definition) is 0. The monoisotopic (exact) mass is 472 g/mol. The molecule has 35 heavy (non-hydrogen) atoms. The normalized spacial score (nSPS) is 22.2. The van der Waals surface area contributed by atoms with Crippen LogP contribution in [0.1, 0.15) is 55.2 Å². The summed E-state index contributed by atoms with van der Waals surface area (Å²) in [6.07, 6.45) is 2.67. The SMILES string of the molecule is COc1ccc2c(c1)OC(C)(C)[C@H](c1ccccc1)[C@H]2c1ccc(OCC[N+]2(C)CCCC2)cc1. The van der Waals surface area contributed by atoms with Crippen molar-refractivity contribution in [2.24, 2.45) is 0 Å². The second-order valence-electron chi connectivity index (χ2n) is 10.9. The summed E-state index contributed by atoms with van der Waals surface area (Å²) in [7, 11) is 4.05. The molecule has 4 nitrogen and oxygen atoms in total. The van der Waals surface area contributed by atoms with Crippen LogP contribution in [0, 0.1) is 0 Å². The first-order valence-corrected chi connectivity index (χ1v) is 12.9. The van der Waals surface area contributed by atoms with Crippen molar-refractivity contribution in [3.05, 3.63) is 89.5 Å². The van der Waals surface area contributed by atoms with Gasteiger partial charge in [0.25, 0.3) is 0 Å². The minimum absolute atomic E-state index is 0.158. The number of benzene rings is 3. The molecule has 0 N–H and O–H groups in total. The van der Waals surface area contributed by atoms with Crippen LogP contribution >= 0.6 is 0 Å². The Hall–Kier alpha value is -2.98. The van der Waals surface area contributed by atoms with Gasteiger partial charge in [0.1, 0.15) is 36.0 Å². The van der Waals surface area contributed by atoms with Gasteiger partial charge in [0.2, 0.25) is 0 Å². The van der Waals surface area contributed by atoms with E-state index in [2.05, 4.69) is 81.6 Å². The zero-order chi connectivity index (χ0) is 24.5. The molecule has 0 amide bonds. The lowest BCUT2D eigenvalue weighted by Crippen LogP contribution is -2.43. The van der Waals surface area contributed by atoms with Crippen LogP contribution in [0.15, 0.2) is 72.8 Å². The van der Waals surface area contributed by atoms with E-state index in [-0.39, 0.29) is 11.8 Å². The molecule has 0 spiro atoms. The van der Waals surface area contributed by atoms with Crippen molar-refractivity contribution in [1.29, 1.82) is 0 Å². The lowest BCUT2D eigenvalue weighted by Gasteiger charge is -2.45. The number of rotatable bonds is 7. The smallest absolute Gasteiger partial charge is 0.137 e. The van der Waals surface area contributed by atoms with E-state index in [1.165, 1.54) is 42.6 Å². The molecule has 0 unspecified atom stereocenters. The van der Waals surface area contributed by atoms with E-state index in [0.717, 1.165) is 34.9 Å². The molecule has 0 radical (unpaired) electrons. The van der Waals surface area contributed by atoms with Gasteiger partial charge in [-0.05, 0) is 43.2 Å². The highest BCUT2D eigenvalue weighted by atomic mass is 16.5. The number of likely N-dealkylation sites (tertiary alicyclic amines) is 1. The number of fused-ring (bicyclic) bond motifs is 1. The van der Waals surface area contributed by atoms with E-state index in [0.29, 0.717) is 0 Å². The topological polar surface area (TPSA) is 27.7 Å². The maximum absolute atomic E-state index is 6.61. The fourth-order valence-electron chi connectivity index (χ4n) is 6.02. The molecule has 4 heteroatoms. The Morgan fingerprint density at radius 3 is 2.26 bits per heavy atom. The Kier molecular flexibility index (Phi) is 6.50. The Bertz CT molecular complexity index is 1130. The molecule has 1 fully saturated rings. The highest BCUT2D eigenvalue weighted by molar-refractivity contribution is 5.52. The summed E-state index contributed by atoms with van der Waals surface area (Å²) < 4.78 is 19.4. The number of quaternary nitrogens is 1. The summed E-state index contributed by atoms with van der Waals surface area (Å²) in [5, 5.41) is 0. The van der Waals surface area contributed by atoms with E-state index < -0.39 is 5.60 Å². The second-order valence-corrected chi connectivity index (χ2v) is 10.9. The van der Waals surface area contributed by atoms with E-state index in [4.69, 9.17) is 14.2 Å². The van der Waals surface area contributed by atoms with E-state index in [1.807, 2.05) is 12.1 Å². The molecule has 2 atom stereocenters. The molecular formula is C31H38NO3+. The Morgan fingerprint density at radius 1 is 0.886 bits per heavy atom. The first-order valence-electron chi connectivity index (χ1n) is 12.9. The molecule has 1 saturated heterocycles. The second kappa shape index (κ2) is 9.58. The molecule has 184 valence electrons. The van der Waals surface area contributed by atoms with Gasteiger partial charge in [0.15, 0.2) is 0 Å². The summed E-state index contributed by atoms with van der Waals surface area (Å²) in [4.78, 5) is 0. The fraction of sp³-hybridized carbons (Fsp3) is 0.419. The maximum Gasteiger partial charge on any atom is 0.137 e. The van der Waals surface area contributed by atoms with Gasteiger partial charge in [-0.25, -0.2) is 0 Å². The van der Waals surface area contributed by atoms with Gasteiger partial charge in [0, 0.05) is 36.3 Å². The Morgan fingerprint density at radius 2 is 1.57 bits per heavy atom. The Balaban J connectivity index is 1.45. The van der Waals surface area contributed by atoms with Crippen LogP contribution in [0.2, 0.25) is 0 Å². The number of likely N-dealkylation sites (N-methyl/N-ethyl adjacent to an activating group) is 1. The predicted octanol–water partition coefficient (Wildman–Crippen LogP) is 6.40. The summed E-state index contributed by atoms with van der Waals surface area (Å²) in [5.41, 5.74) is 3.35. The molecule has 2 aliphatic heterocycles. The molecule has 0 bridgehead atoms. The summed E-state index contributed by atoms with van der Waals surface area (Å²) >= 11 is 0. The molecule has 3 aromatic carbocycles. The van der Waals surface area contributed by atoms with Gasteiger partial charge in [-0.15, -0.1) is 0 Å². The first kappa shape index (κ1) is 23.7. The van der Waals surface area contributed by atoms with Gasteiger partial charge in [-0.1, -0.05) is 48.5 Å². The van der Waals surface area contributed by atoms with Crippen LogP contribution in [0.3, 0.4) is 0 Å². The van der Waals surface area contributed by atoms with Gasteiger partial charge in [0.05, 0.1) is 27.2 Å². The number of ether oxygens (including phenoxy) is 3. The van der Waals surface area contributed by atoms with Gasteiger partial charge in [-0.3, -0.25) is 0 Å². The number of nitrogens with zero attached hydrogens (tertiary/aromatic N) is 1. The van der Waals surface area contributed by atoms with Crippen LogP contribution in [0.25, 0.3) is 0 Å². The third-order valence-electron chi connectivity index (χ3n) is 7.95. The first-order chi connectivity index (χ1) is 16.9. The van der Waals surface area contributed by atoms with Crippen molar-refractivity contribution in [1.82, 2.24) is 0 Å². The van der Waals surface area contributed by atoms with Crippen molar-refractivity contribution in [2.45, 2.75) is 44.1 Å². The molecule has 0 aromatic heterocycles. The standard InChI is InChI=1S/C31H38NO3/c1-31(2)30(24-10-6-5-7-11-24)29(27-17-16-26(33-4)22-28(27)35-31)23-12-14-25(15-13-23)34-21-20-32(3)18-8-9-19-32/h5-7,10-17,22,29-30H,8-9,18-21H2,1-4H3/q+1/t29-,30+/m0/s1. The summed E-state index contributed by atoms with van der Waals surface area (Å²) in [6.45, 7) is 8.76. The van der Waals surface area contributed by atoms with E-state index in [1.54, 1.807) is 7.11 Å². The average Bonchev–Trinajstić information content (AvgIpc) is 3.29. The zero-order valence-corrected chi connectivity index (χ0v) is 21.5. The third-order valence-corrected chi connectivity index (χ3v) is 7.95. The van der Waals surface area contributed by atoms with Crippen molar-refractivity contribution in [3.8, 4) is 17.2 Å². The van der Waals surface area contributed by atoms with Crippen LogP contribution < -0.4 is 14.2 Å². The van der Waals surface area contributed by atoms with Gasteiger partial charge in [-0.2, -0.15) is 0 Å². The molecule has 2 aliphatic rings. The highest BCUT2D eigenvalue weighted by Gasteiger charge is 2.45. The van der Waals surface area contributed by atoms with Crippen molar-refractivity contribution in [2.75, 3.05) is 40.4 Å². The molecular weight excluding hydrogens is 434 g/mol. The molecule has 0 saturated carbocycles. The van der Waals surface area contributed by atoms with Crippen molar-refractivity contribution < 1.29 is 18.7 Å². The molecule has 2 heterocycles. The maximum atomic E-state index is 6.61. The molecule has 0 aliphatic carbocycles. The summed E-state index contributed by atoms with van der Waals surface area (Å²) in [6, 6.07) is 25.7. The lowest BCUT2D eigenvalue weighted by molar-refractivity contribution is -0.897. The van der Waals surface area contributed by atoms with E-state index >= 15 is 0 Å². The lowest BCUT2D eigenvalue weighted by atomic mass is 9.68.